The van der Waals surface area contributed by atoms with Crippen molar-refractivity contribution in [3.05, 3.63) is 23.3 Å². The highest BCUT2D eigenvalue weighted by molar-refractivity contribution is 5.50. The number of nitrogens with two attached hydrogens (primary N) is 1. The molecule has 0 saturated heterocycles. The predicted molar refractivity (Wildman–Crippen MR) is 64.0 cm³/mol. The van der Waals surface area contributed by atoms with Crippen LogP contribution in [0.15, 0.2) is 12.1 Å². The highest BCUT2D eigenvalue weighted by Crippen LogP contribution is 2.38. The Bertz CT molecular complexity index is 376. The van der Waals surface area contributed by atoms with E-state index < -0.39 is 0 Å². The molecular formula is C13H19NO2. The van der Waals surface area contributed by atoms with E-state index in [0.29, 0.717) is 0 Å². The fraction of sp³-hybridized carbons (Fsp3) is 0.538. The minimum atomic E-state index is 0.0718. The van der Waals surface area contributed by atoms with Crippen LogP contribution in [0.25, 0.3) is 0 Å². The maximum atomic E-state index is 6.21. The normalized spacial score (nSPS) is 19.8. The minimum Gasteiger partial charge on any atom is -0.496 e. The highest BCUT2D eigenvalue weighted by Gasteiger charge is 2.22. The molecule has 1 aromatic carbocycles. The van der Waals surface area contributed by atoms with Crippen LogP contribution in [0, 0.1) is 0 Å². The van der Waals surface area contributed by atoms with E-state index in [2.05, 4.69) is 0 Å². The van der Waals surface area contributed by atoms with Crippen LogP contribution in [-0.2, 0) is 6.42 Å². The molecule has 0 aliphatic heterocycles. The molecular weight excluding hydrogens is 202 g/mol. The van der Waals surface area contributed by atoms with Gasteiger partial charge in [0, 0.05) is 17.2 Å². The lowest BCUT2D eigenvalue weighted by Crippen LogP contribution is -2.12. The van der Waals surface area contributed by atoms with Gasteiger partial charge in [-0.25, -0.2) is 0 Å². The molecule has 1 aliphatic rings. The molecule has 0 fully saturated rings. The van der Waals surface area contributed by atoms with E-state index in [9.17, 15) is 0 Å². The molecule has 0 unspecified atom stereocenters. The molecule has 3 nitrogen and oxygen atoms in total. The van der Waals surface area contributed by atoms with Gasteiger partial charge in [-0.3, -0.25) is 0 Å². The van der Waals surface area contributed by atoms with Crippen LogP contribution in [-0.4, -0.2) is 14.2 Å². The van der Waals surface area contributed by atoms with E-state index in [1.165, 1.54) is 18.4 Å². The number of hydrogen-bond acceptors (Lipinski definition) is 3. The third-order valence-electron chi connectivity index (χ3n) is 3.28. The topological polar surface area (TPSA) is 44.5 Å². The Hall–Kier alpha value is -1.22. The average molecular weight is 221 g/mol. The fourth-order valence-corrected chi connectivity index (χ4v) is 2.47. The second-order valence-corrected chi connectivity index (χ2v) is 4.21. The van der Waals surface area contributed by atoms with Gasteiger partial charge in [-0.15, -0.1) is 0 Å². The summed E-state index contributed by atoms with van der Waals surface area (Å²) in [6, 6.07) is 3.99. The lowest BCUT2D eigenvalue weighted by Gasteiger charge is -2.19. The van der Waals surface area contributed by atoms with Gasteiger partial charge in [0.2, 0.25) is 0 Å². The van der Waals surface area contributed by atoms with Gasteiger partial charge in [0.25, 0.3) is 0 Å². The van der Waals surface area contributed by atoms with Crippen LogP contribution >= 0.6 is 0 Å². The summed E-state index contributed by atoms with van der Waals surface area (Å²) in [6.07, 6.45) is 4.40. The van der Waals surface area contributed by atoms with Crippen molar-refractivity contribution in [2.75, 3.05) is 14.2 Å². The number of benzene rings is 1. The summed E-state index contributed by atoms with van der Waals surface area (Å²) in [7, 11) is 3.40. The number of hydrogen-bond donors (Lipinski definition) is 1. The van der Waals surface area contributed by atoms with Crippen molar-refractivity contribution >= 4 is 0 Å². The lowest BCUT2D eigenvalue weighted by molar-refractivity contribution is 0.391. The van der Waals surface area contributed by atoms with Gasteiger partial charge in [0.1, 0.15) is 11.5 Å². The SMILES string of the molecule is COc1ccc(OC)c2c1CCCC[C@H]2N. The van der Waals surface area contributed by atoms with E-state index in [1.807, 2.05) is 12.1 Å². The molecule has 88 valence electrons. The first-order chi connectivity index (χ1) is 7.77. The first-order valence-electron chi connectivity index (χ1n) is 5.77. The molecule has 0 bridgehead atoms. The quantitative estimate of drug-likeness (QED) is 0.780. The van der Waals surface area contributed by atoms with Crippen molar-refractivity contribution in [2.24, 2.45) is 5.73 Å². The molecule has 0 aromatic heterocycles. The standard InChI is InChI=1S/C13H19NO2/c1-15-11-7-8-12(16-2)13-9(11)5-3-4-6-10(13)14/h7-8,10H,3-6,14H2,1-2H3/t10-/m1/s1. The van der Waals surface area contributed by atoms with Crippen molar-refractivity contribution in [1.29, 1.82) is 0 Å². The Labute approximate surface area is 96.5 Å². The highest BCUT2D eigenvalue weighted by atomic mass is 16.5. The third-order valence-corrected chi connectivity index (χ3v) is 3.28. The summed E-state index contributed by atoms with van der Waals surface area (Å²) >= 11 is 0. The van der Waals surface area contributed by atoms with Gasteiger partial charge in [0.15, 0.2) is 0 Å². The Balaban J connectivity index is 2.56. The van der Waals surface area contributed by atoms with Crippen molar-refractivity contribution < 1.29 is 9.47 Å². The van der Waals surface area contributed by atoms with Crippen molar-refractivity contribution in [3.63, 3.8) is 0 Å². The third kappa shape index (κ3) is 1.87. The lowest BCUT2D eigenvalue weighted by atomic mass is 9.97. The van der Waals surface area contributed by atoms with E-state index in [0.717, 1.165) is 29.9 Å². The molecule has 16 heavy (non-hydrogen) atoms. The molecule has 2 rings (SSSR count). The second-order valence-electron chi connectivity index (χ2n) is 4.21. The fourth-order valence-electron chi connectivity index (χ4n) is 2.47. The molecule has 0 spiro atoms. The summed E-state index contributed by atoms with van der Waals surface area (Å²) in [6.45, 7) is 0. The Morgan fingerprint density at radius 2 is 1.81 bits per heavy atom. The Morgan fingerprint density at radius 3 is 2.50 bits per heavy atom. The number of methoxy groups -OCH3 is 2. The smallest absolute Gasteiger partial charge is 0.124 e. The number of ether oxygens (including phenoxy) is 2. The van der Waals surface area contributed by atoms with Crippen molar-refractivity contribution in [1.82, 2.24) is 0 Å². The van der Waals surface area contributed by atoms with Crippen LogP contribution in [0.1, 0.15) is 36.4 Å². The first-order valence-corrected chi connectivity index (χ1v) is 5.77. The van der Waals surface area contributed by atoms with Gasteiger partial charge < -0.3 is 15.2 Å². The van der Waals surface area contributed by atoms with Gasteiger partial charge in [-0.1, -0.05) is 6.42 Å². The summed E-state index contributed by atoms with van der Waals surface area (Å²) < 4.78 is 10.8. The molecule has 0 amide bonds. The molecule has 0 radical (unpaired) electrons. The van der Waals surface area contributed by atoms with Crippen molar-refractivity contribution in [2.45, 2.75) is 31.7 Å². The van der Waals surface area contributed by atoms with E-state index >= 15 is 0 Å². The minimum absolute atomic E-state index is 0.0718. The first kappa shape index (κ1) is 11.3. The van der Waals surface area contributed by atoms with Crippen molar-refractivity contribution in [3.8, 4) is 11.5 Å². The molecule has 1 atom stereocenters. The summed E-state index contributed by atoms with van der Waals surface area (Å²) in [5.41, 5.74) is 8.58. The number of rotatable bonds is 2. The zero-order valence-corrected chi connectivity index (χ0v) is 9.95. The van der Waals surface area contributed by atoms with E-state index in [-0.39, 0.29) is 6.04 Å². The van der Waals surface area contributed by atoms with Crippen LogP contribution in [0.3, 0.4) is 0 Å². The Morgan fingerprint density at radius 1 is 1.12 bits per heavy atom. The van der Waals surface area contributed by atoms with Gasteiger partial charge in [0.05, 0.1) is 14.2 Å². The monoisotopic (exact) mass is 221 g/mol. The second kappa shape index (κ2) is 4.74. The van der Waals surface area contributed by atoms with E-state index in [1.54, 1.807) is 14.2 Å². The molecule has 3 heteroatoms. The molecule has 0 heterocycles. The summed E-state index contributed by atoms with van der Waals surface area (Å²) in [5.74, 6) is 1.83. The molecule has 0 saturated carbocycles. The van der Waals surface area contributed by atoms with Crippen LogP contribution in [0.2, 0.25) is 0 Å². The molecule has 1 aromatic rings. The summed E-state index contributed by atoms with van der Waals surface area (Å²) in [4.78, 5) is 0. The summed E-state index contributed by atoms with van der Waals surface area (Å²) in [5, 5.41) is 0. The van der Waals surface area contributed by atoms with Crippen LogP contribution in [0.4, 0.5) is 0 Å². The zero-order valence-electron chi connectivity index (χ0n) is 9.95. The predicted octanol–water partition coefficient (Wildman–Crippen LogP) is 2.43. The molecule has 1 aliphatic carbocycles. The Kier molecular flexibility index (Phi) is 3.34. The maximum Gasteiger partial charge on any atom is 0.124 e. The van der Waals surface area contributed by atoms with Gasteiger partial charge in [-0.05, 0) is 31.4 Å². The van der Waals surface area contributed by atoms with Gasteiger partial charge in [-0.2, -0.15) is 0 Å². The largest absolute Gasteiger partial charge is 0.496 e. The molecule has 2 N–H and O–H groups in total. The van der Waals surface area contributed by atoms with Crippen LogP contribution in [0.5, 0.6) is 11.5 Å². The van der Waals surface area contributed by atoms with Gasteiger partial charge >= 0.3 is 0 Å². The van der Waals surface area contributed by atoms with E-state index in [4.69, 9.17) is 15.2 Å². The number of fused-ring (bicyclic) bond motifs is 1. The van der Waals surface area contributed by atoms with Crippen LogP contribution < -0.4 is 15.2 Å². The average Bonchev–Trinajstić information content (AvgIpc) is 2.51. The maximum absolute atomic E-state index is 6.21. The zero-order chi connectivity index (χ0) is 11.5.